The van der Waals surface area contributed by atoms with Crippen LogP contribution in [0.1, 0.15) is 10.4 Å². The molecule has 1 N–H and O–H groups in total. The molecule has 150 valence electrons. The van der Waals surface area contributed by atoms with Gasteiger partial charge in [0.15, 0.2) is 0 Å². The van der Waals surface area contributed by atoms with E-state index >= 15 is 0 Å². The number of carbonyl (C=O) groups excluding carboxylic acids is 1. The lowest BCUT2D eigenvalue weighted by Crippen LogP contribution is -2.20. The zero-order valence-corrected chi connectivity index (χ0v) is 16.5. The van der Waals surface area contributed by atoms with E-state index in [1.54, 1.807) is 55.6 Å². The van der Waals surface area contributed by atoms with E-state index in [0.29, 0.717) is 39.3 Å². The second-order valence-electron chi connectivity index (χ2n) is 6.51. The van der Waals surface area contributed by atoms with E-state index in [2.05, 4.69) is 10.3 Å². The van der Waals surface area contributed by atoms with Crippen LogP contribution >= 0.6 is 0 Å². The lowest BCUT2D eigenvalue weighted by molar-refractivity contribution is 0.102. The van der Waals surface area contributed by atoms with Gasteiger partial charge < -0.3 is 14.8 Å². The summed E-state index contributed by atoms with van der Waals surface area (Å²) < 4.78 is 12.0. The molecule has 0 fully saturated rings. The Morgan fingerprint density at radius 2 is 1.77 bits per heavy atom. The van der Waals surface area contributed by atoms with Crippen molar-refractivity contribution in [2.45, 2.75) is 0 Å². The number of rotatable bonds is 5. The average Bonchev–Trinajstić information content (AvgIpc) is 2.79. The van der Waals surface area contributed by atoms with Gasteiger partial charge in [-0.2, -0.15) is 0 Å². The van der Waals surface area contributed by atoms with Crippen molar-refractivity contribution >= 4 is 22.5 Å². The number of anilines is 1. The molecule has 0 bridgehead atoms. The van der Waals surface area contributed by atoms with E-state index in [0.717, 1.165) is 0 Å². The summed E-state index contributed by atoms with van der Waals surface area (Å²) in [5.74, 6) is 0.826. The molecule has 4 aromatic rings. The summed E-state index contributed by atoms with van der Waals surface area (Å²) in [6.45, 7) is 0. The second-order valence-corrected chi connectivity index (χ2v) is 6.51. The molecule has 0 saturated heterocycles. The van der Waals surface area contributed by atoms with Crippen LogP contribution in [0.5, 0.6) is 11.5 Å². The highest BCUT2D eigenvalue weighted by molar-refractivity contribution is 6.06. The van der Waals surface area contributed by atoms with Gasteiger partial charge in [-0.15, -0.1) is 0 Å². The summed E-state index contributed by atoms with van der Waals surface area (Å²) in [4.78, 5) is 30.0. The van der Waals surface area contributed by atoms with Gasteiger partial charge in [0.25, 0.3) is 11.5 Å². The predicted molar refractivity (Wildman–Crippen MR) is 115 cm³/mol. The van der Waals surface area contributed by atoms with Crippen molar-refractivity contribution in [2.24, 2.45) is 0 Å². The Kier molecular flexibility index (Phi) is 5.17. The van der Waals surface area contributed by atoms with Crippen LogP contribution in [-0.4, -0.2) is 29.7 Å². The minimum absolute atomic E-state index is 0.274. The minimum Gasteiger partial charge on any atom is -0.497 e. The quantitative estimate of drug-likeness (QED) is 0.552. The molecule has 0 aliphatic carbocycles. The van der Waals surface area contributed by atoms with Crippen molar-refractivity contribution in [3.8, 4) is 17.2 Å². The van der Waals surface area contributed by atoms with Gasteiger partial charge in [0.05, 0.1) is 30.8 Å². The van der Waals surface area contributed by atoms with Crippen molar-refractivity contribution in [2.75, 3.05) is 19.5 Å². The predicted octanol–water partition coefficient (Wildman–Crippen LogP) is 3.66. The van der Waals surface area contributed by atoms with E-state index in [4.69, 9.17) is 9.47 Å². The van der Waals surface area contributed by atoms with Gasteiger partial charge in [-0.1, -0.05) is 18.2 Å². The first-order chi connectivity index (χ1) is 14.6. The van der Waals surface area contributed by atoms with Gasteiger partial charge in [0.1, 0.15) is 17.8 Å². The zero-order valence-electron chi connectivity index (χ0n) is 16.5. The SMILES string of the molecule is COc1ccc(OC)c(-n2cnc3cc(C(=O)Nc4ccccc4)ccc3c2=O)c1. The number of aromatic nitrogens is 2. The fourth-order valence-corrected chi connectivity index (χ4v) is 3.14. The molecular formula is C23H19N3O4. The molecule has 0 saturated carbocycles. The fraction of sp³-hybridized carbons (Fsp3) is 0.0870. The molecular weight excluding hydrogens is 382 g/mol. The lowest BCUT2D eigenvalue weighted by Gasteiger charge is -2.13. The summed E-state index contributed by atoms with van der Waals surface area (Å²) >= 11 is 0. The number of hydrogen-bond donors (Lipinski definition) is 1. The molecule has 1 amide bonds. The molecule has 7 heteroatoms. The Morgan fingerprint density at radius 3 is 2.50 bits per heavy atom. The summed E-state index contributed by atoms with van der Waals surface area (Å²) in [6.07, 6.45) is 1.42. The third kappa shape index (κ3) is 3.60. The summed E-state index contributed by atoms with van der Waals surface area (Å²) in [7, 11) is 3.08. The smallest absolute Gasteiger partial charge is 0.265 e. The number of nitrogens with zero attached hydrogens (tertiary/aromatic N) is 2. The van der Waals surface area contributed by atoms with Crippen LogP contribution in [0, 0.1) is 0 Å². The Bertz CT molecular complexity index is 1280. The van der Waals surface area contributed by atoms with E-state index < -0.39 is 0 Å². The minimum atomic E-state index is -0.276. The number of para-hydroxylation sites is 1. The van der Waals surface area contributed by atoms with Crippen LogP contribution in [0.25, 0.3) is 16.6 Å². The van der Waals surface area contributed by atoms with Gasteiger partial charge in [-0.3, -0.25) is 14.2 Å². The molecule has 0 atom stereocenters. The van der Waals surface area contributed by atoms with Gasteiger partial charge in [0.2, 0.25) is 0 Å². The zero-order chi connectivity index (χ0) is 21.1. The van der Waals surface area contributed by atoms with Crippen LogP contribution in [0.3, 0.4) is 0 Å². The van der Waals surface area contributed by atoms with Crippen molar-refractivity contribution in [3.63, 3.8) is 0 Å². The standard InChI is InChI=1S/C23H19N3O4/c1-29-17-9-11-21(30-2)20(13-17)26-14-24-19-12-15(8-10-18(19)23(26)28)22(27)25-16-6-4-3-5-7-16/h3-14H,1-2H3,(H,25,27). The van der Waals surface area contributed by atoms with Crippen LogP contribution in [0.15, 0.2) is 77.9 Å². The average molecular weight is 401 g/mol. The summed E-state index contributed by atoms with van der Waals surface area (Å²) in [6, 6.07) is 19.1. The molecule has 0 aliphatic heterocycles. The Balaban J connectivity index is 1.74. The Morgan fingerprint density at radius 1 is 0.967 bits per heavy atom. The maximum atomic E-state index is 13.1. The number of nitrogens with one attached hydrogen (secondary N) is 1. The number of hydrogen-bond acceptors (Lipinski definition) is 5. The topological polar surface area (TPSA) is 82.4 Å². The number of methoxy groups -OCH3 is 2. The Labute approximate surface area is 172 Å². The van der Waals surface area contributed by atoms with Crippen LogP contribution in [-0.2, 0) is 0 Å². The maximum Gasteiger partial charge on any atom is 0.265 e. The van der Waals surface area contributed by atoms with E-state index in [1.807, 2.05) is 18.2 Å². The highest BCUT2D eigenvalue weighted by Gasteiger charge is 2.14. The maximum absolute atomic E-state index is 13.1. The number of fused-ring (bicyclic) bond motifs is 1. The monoisotopic (exact) mass is 401 g/mol. The molecule has 30 heavy (non-hydrogen) atoms. The molecule has 0 spiro atoms. The molecule has 1 aromatic heterocycles. The molecule has 0 unspecified atom stereocenters. The first-order valence-corrected chi connectivity index (χ1v) is 9.21. The van der Waals surface area contributed by atoms with E-state index in [1.165, 1.54) is 18.0 Å². The third-order valence-corrected chi connectivity index (χ3v) is 4.70. The molecule has 7 nitrogen and oxygen atoms in total. The van der Waals surface area contributed by atoms with Gasteiger partial charge in [0, 0.05) is 17.3 Å². The van der Waals surface area contributed by atoms with Crippen LogP contribution < -0.4 is 20.3 Å². The fourth-order valence-electron chi connectivity index (χ4n) is 3.14. The normalized spacial score (nSPS) is 10.6. The van der Waals surface area contributed by atoms with Crippen molar-refractivity contribution in [3.05, 3.63) is 89.0 Å². The number of benzene rings is 3. The van der Waals surface area contributed by atoms with Crippen LogP contribution in [0.2, 0.25) is 0 Å². The third-order valence-electron chi connectivity index (χ3n) is 4.70. The molecule has 4 rings (SSSR count). The van der Waals surface area contributed by atoms with Crippen molar-refractivity contribution < 1.29 is 14.3 Å². The van der Waals surface area contributed by atoms with E-state index in [-0.39, 0.29) is 11.5 Å². The largest absolute Gasteiger partial charge is 0.497 e. The Hall–Kier alpha value is -4.13. The van der Waals surface area contributed by atoms with Gasteiger partial charge in [-0.05, 0) is 42.5 Å². The summed E-state index contributed by atoms with van der Waals surface area (Å²) in [5, 5.41) is 3.21. The number of amides is 1. The van der Waals surface area contributed by atoms with Gasteiger partial charge >= 0.3 is 0 Å². The van der Waals surface area contributed by atoms with Gasteiger partial charge in [-0.25, -0.2) is 4.98 Å². The molecule has 0 aliphatic rings. The molecule has 3 aromatic carbocycles. The second kappa shape index (κ2) is 8.08. The highest BCUT2D eigenvalue weighted by atomic mass is 16.5. The first-order valence-electron chi connectivity index (χ1n) is 9.21. The molecule has 0 radical (unpaired) electrons. The van der Waals surface area contributed by atoms with Crippen LogP contribution in [0.4, 0.5) is 5.69 Å². The number of carbonyl (C=O) groups is 1. The number of ether oxygens (including phenoxy) is 2. The summed E-state index contributed by atoms with van der Waals surface area (Å²) in [5.41, 5.74) is 1.77. The van der Waals surface area contributed by atoms with E-state index in [9.17, 15) is 9.59 Å². The molecule has 1 heterocycles. The first kappa shape index (κ1) is 19.2. The highest BCUT2D eigenvalue weighted by Crippen LogP contribution is 2.27. The van der Waals surface area contributed by atoms with Crippen molar-refractivity contribution in [1.82, 2.24) is 9.55 Å². The lowest BCUT2D eigenvalue weighted by atomic mass is 10.1. The van der Waals surface area contributed by atoms with Crippen molar-refractivity contribution in [1.29, 1.82) is 0 Å².